The van der Waals surface area contributed by atoms with Gasteiger partial charge in [0.05, 0.1) is 0 Å². The summed E-state index contributed by atoms with van der Waals surface area (Å²) in [5.74, 6) is 2.93. The summed E-state index contributed by atoms with van der Waals surface area (Å²) in [4.78, 5) is 28.8. The van der Waals surface area contributed by atoms with E-state index < -0.39 is 0 Å². The van der Waals surface area contributed by atoms with E-state index in [1.54, 1.807) is 6.92 Å². The fourth-order valence-electron chi connectivity index (χ4n) is 9.63. The fraction of sp³-hybridized carbons (Fsp3) is 0.839. The second-order valence-corrected chi connectivity index (χ2v) is 13.5. The van der Waals surface area contributed by atoms with E-state index in [1.807, 2.05) is 0 Å². The Kier molecular flexibility index (Phi) is 6.91. The van der Waals surface area contributed by atoms with Gasteiger partial charge >= 0.3 is 11.9 Å². The summed E-state index contributed by atoms with van der Waals surface area (Å²) in [6.45, 7) is 13.7. The van der Waals surface area contributed by atoms with Crippen molar-refractivity contribution in [1.29, 1.82) is 0 Å². The van der Waals surface area contributed by atoms with E-state index in [4.69, 9.17) is 14.5 Å². The van der Waals surface area contributed by atoms with Crippen LogP contribution in [0.25, 0.3) is 0 Å². The molecule has 1 aliphatic heterocycles. The van der Waals surface area contributed by atoms with Gasteiger partial charge in [-0.1, -0.05) is 39.3 Å². The highest BCUT2D eigenvalue weighted by Crippen LogP contribution is 2.67. The van der Waals surface area contributed by atoms with Crippen LogP contribution < -0.4 is 0 Å². The van der Waals surface area contributed by atoms with Crippen LogP contribution in [0.2, 0.25) is 0 Å². The zero-order valence-electron chi connectivity index (χ0n) is 23.3. The summed E-state index contributed by atoms with van der Waals surface area (Å²) in [6, 6.07) is 0. The summed E-state index contributed by atoms with van der Waals surface area (Å²) in [5.41, 5.74) is 3.25. The number of allylic oxidation sites excluding steroid dienone is 1. The van der Waals surface area contributed by atoms with Crippen LogP contribution >= 0.6 is 0 Å². The zero-order chi connectivity index (χ0) is 25.8. The summed E-state index contributed by atoms with van der Waals surface area (Å²) < 4.78 is 11.7. The lowest BCUT2D eigenvalue weighted by Gasteiger charge is -2.58. The van der Waals surface area contributed by atoms with Gasteiger partial charge in [-0.05, 0) is 85.9 Å². The fourth-order valence-corrected chi connectivity index (χ4v) is 9.63. The molecule has 0 amide bonds. The highest BCUT2D eigenvalue weighted by molar-refractivity contribution is 5.87. The Labute approximate surface area is 217 Å². The quantitative estimate of drug-likeness (QED) is 0.326. The first-order valence-corrected chi connectivity index (χ1v) is 14.6. The lowest BCUT2D eigenvalue weighted by Crippen LogP contribution is -2.51. The van der Waals surface area contributed by atoms with Crippen LogP contribution in [0.15, 0.2) is 16.6 Å². The molecule has 200 valence electrons. The number of fused-ring (bicyclic) bond motifs is 5. The molecular weight excluding hydrogens is 450 g/mol. The molecule has 1 heterocycles. The molecule has 0 saturated heterocycles. The average molecular weight is 498 g/mol. The Morgan fingerprint density at radius 1 is 1.06 bits per heavy atom. The third-order valence-corrected chi connectivity index (χ3v) is 11.4. The van der Waals surface area contributed by atoms with Gasteiger partial charge in [-0.15, -0.1) is 0 Å². The van der Waals surface area contributed by atoms with Gasteiger partial charge < -0.3 is 9.47 Å². The largest absolute Gasteiger partial charge is 0.462 e. The maximum Gasteiger partial charge on any atom is 0.302 e. The number of esters is 2. The van der Waals surface area contributed by atoms with E-state index in [1.165, 1.54) is 37.5 Å². The van der Waals surface area contributed by atoms with Crippen LogP contribution in [0.1, 0.15) is 99.3 Å². The Balaban J connectivity index is 1.43. The first kappa shape index (κ1) is 26.0. The molecule has 5 heteroatoms. The number of hydrogen-bond donors (Lipinski definition) is 0. The van der Waals surface area contributed by atoms with Gasteiger partial charge in [0.25, 0.3) is 0 Å². The molecule has 4 aliphatic carbocycles. The van der Waals surface area contributed by atoms with Crippen molar-refractivity contribution in [3.8, 4) is 0 Å². The molecule has 0 bridgehead atoms. The molecule has 0 N–H and O–H groups in total. The van der Waals surface area contributed by atoms with Crippen molar-refractivity contribution >= 4 is 17.7 Å². The number of ether oxygens (including phenoxy) is 2. The van der Waals surface area contributed by atoms with Gasteiger partial charge in [0.2, 0.25) is 0 Å². The minimum atomic E-state index is -0.161. The molecular formula is C31H47NO4. The summed E-state index contributed by atoms with van der Waals surface area (Å²) in [5, 5.41) is 0. The van der Waals surface area contributed by atoms with E-state index in [-0.39, 0.29) is 35.0 Å². The highest BCUT2D eigenvalue weighted by atomic mass is 16.5. The molecule has 3 saturated carbocycles. The third-order valence-electron chi connectivity index (χ3n) is 11.4. The summed E-state index contributed by atoms with van der Waals surface area (Å²) in [7, 11) is 0. The molecule has 36 heavy (non-hydrogen) atoms. The van der Waals surface area contributed by atoms with Crippen LogP contribution in [-0.4, -0.2) is 36.4 Å². The molecule has 0 unspecified atom stereocenters. The molecule has 3 fully saturated rings. The van der Waals surface area contributed by atoms with Gasteiger partial charge in [0, 0.05) is 44.4 Å². The van der Waals surface area contributed by atoms with Gasteiger partial charge in [-0.2, -0.15) is 0 Å². The van der Waals surface area contributed by atoms with Crippen molar-refractivity contribution in [3.05, 3.63) is 11.6 Å². The van der Waals surface area contributed by atoms with Gasteiger partial charge in [-0.3, -0.25) is 14.6 Å². The Morgan fingerprint density at radius 3 is 2.47 bits per heavy atom. The lowest BCUT2D eigenvalue weighted by atomic mass is 9.47. The van der Waals surface area contributed by atoms with Crippen LogP contribution in [0.3, 0.4) is 0 Å². The molecule has 10 atom stereocenters. The average Bonchev–Trinajstić information content (AvgIpc) is 3.10. The minimum absolute atomic E-state index is 0.00816. The number of nitrogens with zero attached hydrogens (tertiary/aromatic N) is 1. The van der Waals surface area contributed by atoms with Crippen LogP contribution in [0, 0.1) is 46.3 Å². The molecule has 0 aromatic heterocycles. The second-order valence-electron chi connectivity index (χ2n) is 13.5. The predicted octanol–water partition coefficient (Wildman–Crippen LogP) is 6.55. The molecule has 0 aromatic rings. The lowest BCUT2D eigenvalue weighted by molar-refractivity contribution is -0.150. The van der Waals surface area contributed by atoms with E-state index in [0.29, 0.717) is 35.5 Å². The van der Waals surface area contributed by atoms with Crippen LogP contribution in [0.4, 0.5) is 0 Å². The van der Waals surface area contributed by atoms with Crippen molar-refractivity contribution in [1.82, 2.24) is 0 Å². The number of carbonyl (C=O) groups excluding carboxylic acids is 2. The van der Waals surface area contributed by atoms with Crippen LogP contribution in [0.5, 0.6) is 0 Å². The van der Waals surface area contributed by atoms with Crippen LogP contribution in [-0.2, 0) is 19.1 Å². The minimum Gasteiger partial charge on any atom is -0.462 e. The van der Waals surface area contributed by atoms with E-state index >= 15 is 0 Å². The standard InChI is InChI=1S/C31H47NO4/c1-18-7-10-27(32-17-18)19(2)29-28(36-21(4)34)16-26-24-9-8-22-15-23(35-20(3)33)11-13-30(22,5)25(24)12-14-31(26,29)6/h8,18-19,23-26,28-29H,7,9-17H2,1-6H3/t18-,19+,23-,24+,25-,26-,28+,29-,30-,31-/m0/s1. The highest BCUT2D eigenvalue weighted by Gasteiger charge is 2.63. The third kappa shape index (κ3) is 4.36. The molecule has 5 nitrogen and oxygen atoms in total. The van der Waals surface area contributed by atoms with Crippen molar-refractivity contribution in [2.75, 3.05) is 6.54 Å². The first-order chi connectivity index (χ1) is 17.0. The molecule has 5 aliphatic rings. The maximum absolute atomic E-state index is 12.2. The molecule has 0 radical (unpaired) electrons. The Bertz CT molecular complexity index is 954. The zero-order valence-corrected chi connectivity index (χ0v) is 23.3. The first-order valence-electron chi connectivity index (χ1n) is 14.6. The topological polar surface area (TPSA) is 65.0 Å². The van der Waals surface area contributed by atoms with Crippen molar-refractivity contribution in [2.24, 2.45) is 51.3 Å². The number of rotatable bonds is 4. The predicted molar refractivity (Wildman–Crippen MR) is 142 cm³/mol. The van der Waals surface area contributed by atoms with E-state index in [9.17, 15) is 9.59 Å². The molecule has 5 rings (SSSR count). The van der Waals surface area contributed by atoms with Gasteiger partial charge in [0.1, 0.15) is 12.2 Å². The number of carbonyl (C=O) groups is 2. The smallest absolute Gasteiger partial charge is 0.302 e. The SMILES string of the molecule is CC(=O)O[C@H]1CC[C@@]2(C)C(=CC[C@H]3[C@@H]4C[C@@H](OC(C)=O)[C@H]([C@H](C)C5=NC[C@@H](C)CC5)[C@@]4(C)CC[C@@H]32)C1. The monoisotopic (exact) mass is 497 g/mol. The van der Waals surface area contributed by atoms with Crippen molar-refractivity contribution < 1.29 is 19.1 Å². The second kappa shape index (κ2) is 9.58. The Hall–Kier alpha value is -1.65. The van der Waals surface area contributed by atoms with Crippen molar-refractivity contribution in [3.63, 3.8) is 0 Å². The van der Waals surface area contributed by atoms with Gasteiger partial charge in [0.15, 0.2) is 0 Å². The van der Waals surface area contributed by atoms with Gasteiger partial charge in [-0.25, -0.2) is 0 Å². The summed E-state index contributed by atoms with van der Waals surface area (Å²) >= 11 is 0. The van der Waals surface area contributed by atoms with E-state index in [0.717, 1.165) is 45.1 Å². The molecule has 0 aromatic carbocycles. The normalized spacial score (nSPS) is 44.8. The molecule has 0 spiro atoms. The van der Waals surface area contributed by atoms with E-state index in [2.05, 4.69) is 33.8 Å². The van der Waals surface area contributed by atoms with Crippen molar-refractivity contribution in [2.45, 2.75) is 112 Å². The summed E-state index contributed by atoms with van der Waals surface area (Å²) in [6.07, 6.45) is 12.3. The number of aliphatic imine (C=N–C) groups is 1. The number of hydrogen-bond acceptors (Lipinski definition) is 5. The Morgan fingerprint density at radius 2 is 1.81 bits per heavy atom. The maximum atomic E-state index is 12.2.